The fraction of sp³-hybridized carbons (Fsp3) is 0.389. The van der Waals surface area contributed by atoms with Crippen LogP contribution in [0.25, 0.3) is 0 Å². The van der Waals surface area contributed by atoms with Crippen LogP contribution in [0.15, 0.2) is 33.2 Å². The number of carbonyl (C=O) groups excluding carboxylic acids is 1. The van der Waals surface area contributed by atoms with Crippen molar-refractivity contribution >= 4 is 34.0 Å². The molecule has 0 aliphatic rings. The van der Waals surface area contributed by atoms with Crippen molar-refractivity contribution in [2.45, 2.75) is 38.1 Å². The summed E-state index contributed by atoms with van der Waals surface area (Å²) < 4.78 is 8.34. The summed E-state index contributed by atoms with van der Waals surface area (Å²) in [5.41, 5.74) is 2.77. The maximum atomic E-state index is 12.7. The maximum absolute atomic E-state index is 12.7. The molecule has 3 aromatic rings. The Labute approximate surface area is 161 Å². The molecule has 138 valence electrons. The van der Waals surface area contributed by atoms with Crippen LogP contribution in [0, 0.1) is 13.8 Å². The molecule has 0 fully saturated rings. The van der Waals surface area contributed by atoms with Gasteiger partial charge in [-0.05, 0) is 38.5 Å². The van der Waals surface area contributed by atoms with Crippen LogP contribution in [-0.4, -0.2) is 32.8 Å². The minimum Gasteiger partial charge on any atom is -0.467 e. The molecule has 0 aliphatic carbocycles. The number of anilines is 1. The van der Waals surface area contributed by atoms with Gasteiger partial charge in [0.15, 0.2) is 10.1 Å². The van der Waals surface area contributed by atoms with Crippen molar-refractivity contribution in [3.8, 4) is 0 Å². The number of hydrogen-bond donors (Lipinski definition) is 1. The minimum absolute atomic E-state index is 0.104. The van der Waals surface area contributed by atoms with Crippen LogP contribution in [-0.2, 0) is 6.54 Å². The van der Waals surface area contributed by atoms with E-state index in [1.54, 1.807) is 6.26 Å². The number of hydrogen-bond acceptors (Lipinski definition) is 7. The van der Waals surface area contributed by atoms with Gasteiger partial charge in [-0.3, -0.25) is 4.79 Å². The summed E-state index contributed by atoms with van der Waals surface area (Å²) >= 11 is 2.92. The van der Waals surface area contributed by atoms with E-state index in [1.165, 1.54) is 23.1 Å². The number of rotatable bonds is 9. The summed E-state index contributed by atoms with van der Waals surface area (Å²) in [6.45, 7) is 7.60. The molecule has 8 heteroatoms. The largest absolute Gasteiger partial charge is 0.467 e. The average Bonchev–Trinajstić information content (AvgIpc) is 3.36. The van der Waals surface area contributed by atoms with Gasteiger partial charge >= 0.3 is 0 Å². The fourth-order valence-corrected chi connectivity index (χ4v) is 4.32. The first-order valence-electron chi connectivity index (χ1n) is 8.51. The normalized spacial score (nSPS) is 11.0. The van der Waals surface area contributed by atoms with Gasteiger partial charge in [-0.25, -0.2) is 0 Å². The van der Waals surface area contributed by atoms with E-state index in [0.29, 0.717) is 12.3 Å². The molecule has 0 unspecified atom stereocenters. The molecule has 26 heavy (non-hydrogen) atoms. The summed E-state index contributed by atoms with van der Waals surface area (Å²) in [6.07, 6.45) is 2.70. The highest BCUT2D eigenvalue weighted by atomic mass is 32.2. The van der Waals surface area contributed by atoms with Crippen LogP contribution < -0.4 is 5.32 Å². The van der Waals surface area contributed by atoms with E-state index in [9.17, 15) is 4.79 Å². The first-order chi connectivity index (χ1) is 12.6. The summed E-state index contributed by atoms with van der Waals surface area (Å²) in [7, 11) is 0. The topological polar surface area (TPSA) is 73.0 Å². The van der Waals surface area contributed by atoms with Gasteiger partial charge in [0, 0.05) is 23.5 Å². The van der Waals surface area contributed by atoms with Crippen LogP contribution in [0.4, 0.5) is 5.13 Å². The van der Waals surface area contributed by atoms with Gasteiger partial charge < -0.3 is 14.3 Å². The van der Waals surface area contributed by atoms with Crippen molar-refractivity contribution in [2.24, 2.45) is 0 Å². The molecule has 0 amide bonds. The van der Waals surface area contributed by atoms with Crippen molar-refractivity contribution in [3.05, 3.63) is 47.2 Å². The smallest absolute Gasteiger partial charge is 0.206 e. The van der Waals surface area contributed by atoms with Gasteiger partial charge in [-0.15, -0.1) is 10.2 Å². The lowest BCUT2D eigenvalue weighted by molar-refractivity contribution is 0.102. The van der Waals surface area contributed by atoms with E-state index in [4.69, 9.17) is 4.42 Å². The van der Waals surface area contributed by atoms with Crippen molar-refractivity contribution in [3.63, 3.8) is 0 Å². The van der Waals surface area contributed by atoms with Crippen LogP contribution >= 0.6 is 23.1 Å². The Kier molecular flexibility index (Phi) is 6.16. The number of nitrogens with one attached hydrogen (secondary N) is 1. The third-order valence-electron chi connectivity index (χ3n) is 4.03. The molecule has 0 aromatic carbocycles. The summed E-state index contributed by atoms with van der Waals surface area (Å²) in [6, 6.07) is 5.77. The van der Waals surface area contributed by atoms with Gasteiger partial charge in [0.2, 0.25) is 5.13 Å². The summed E-state index contributed by atoms with van der Waals surface area (Å²) in [5, 5.41) is 12.2. The van der Waals surface area contributed by atoms with Gasteiger partial charge in [0.25, 0.3) is 0 Å². The van der Waals surface area contributed by atoms with E-state index < -0.39 is 0 Å². The van der Waals surface area contributed by atoms with Crippen LogP contribution in [0.1, 0.15) is 40.9 Å². The van der Waals surface area contributed by atoms with Crippen molar-refractivity contribution in [1.29, 1.82) is 0 Å². The number of aromatic nitrogens is 3. The van der Waals surface area contributed by atoms with E-state index >= 15 is 0 Å². The zero-order valence-electron chi connectivity index (χ0n) is 15.1. The molecule has 3 rings (SSSR count). The van der Waals surface area contributed by atoms with Crippen LogP contribution in [0.5, 0.6) is 0 Å². The highest BCUT2D eigenvalue weighted by molar-refractivity contribution is 8.01. The second-order valence-corrected chi connectivity index (χ2v) is 8.16. The lowest BCUT2D eigenvalue weighted by atomic mass is 10.2. The molecule has 0 spiro atoms. The number of thioether (sulfide) groups is 1. The van der Waals surface area contributed by atoms with E-state index in [2.05, 4.69) is 27.0 Å². The predicted octanol–water partition coefficient (Wildman–Crippen LogP) is 4.39. The lowest BCUT2D eigenvalue weighted by Crippen LogP contribution is -2.07. The Morgan fingerprint density at radius 1 is 1.38 bits per heavy atom. The zero-order chi connectivity index (χ0) is 18.5. The highest BCUT2D eigenvalue weighted by Gasteiger charge is 2.17. The number of aryl methyl sites for hydroxylation is 1. The molecule has 0 atom stereocenters. The van der Waals surface area contributed by atoms with Crippen molar-refractivity contribution < 1.29 is 9.21 Å². The average molecular weight is 391 g/mol. The molecular formula is C18H22N4O2S2. The fourth-order valence-electron chi connectivity index (χ4n) is 2.66. The third kappa shape index (κ3) is 4.37. The second kappa shape index (κ2) is 8.55. The summed E-state index contributed by atoms with van der Waals surface area (Å²) in [4.78, 5) is 12.7. The number of ketones is 1. The van der Waals surface area contributed by atoms with E-state index in [1.807, 2.05) is 32.0 Å². The molecule has 6 nitrogen and oxygen atoms in total. The number of carbonyl (C=O) groups is 1. The quantitative estimate of drug-likeness (QED) is 0.431. The SMILES string of the molecule is CCCNc1nnc(SCC(=O)c2cc(C)n(Cc3ccco3)c2C)s1. The van der Waals surface area contributed by atoms with E-state index in [0.717, 1.165) is 45.1 Å². The van der Waals surface area contributed by atoms with Gasteiger partial charge in [-0.1, -0.05) is 30.0 Å². The third-order valence-corrected chi connectivity index (χ3v) is 6.04. The first kappa shape index (κ1) is 18.7. The molecule has 0 bridgehead atoms. The molecule has 0 saturated heterocycles. The highest BCUT2D eigenvalue weighted by Crippen LogP contribution is 2.27. The Bertz CT molecular complexity index is 868. The number of Topliss-reactive ketones (excluding diaryl/α,β-unsaturated/α-hetero) is 1. The first-order valence-corrected chi connectivity index (χ1v) is 10.3. The predicted molar refractivity (Wildman–Crippen MR) is 105 cm³/mol. The Morgan fingerprint density at radius 2 is 2.23 bits per heavy atom. The monoisotopic (exact) mass is 390 g/mol. The molecule has 0 aliphatic heterocycles. The molecule has 0 radical (unpaired) electrons. The van der Waals surface area contributed by atoms with Crippen LogP contribution in [0.3, 0.4) is 0 Å². The van der Waals surface area contributed by atoms with Crippen LogP contribution in [0.2, 0.25) is 0 Å². The molecule has 1 N–H and O–H groups in total. The Morgan fingerprint density at radius 3 is 2.96 bits per heavy atom. The number of nitrogens with zero attached hydrogens (tertiary/aromatic N) is 3. The number of furan rings is 1. The van der Waals surface area contributed by atoms with Crippen molar-refractivity contribution in [1.82, 2.24) is 14.8 Å². The maximum Gasteiger partial charge on any atom is 0.206 e. The Hall–Kier alpha value is -2.06. The van der Waals surface area contributed by atoms with Crippen molar-refractivity contribution in [2.75, 3.05) is 17.6 Å². The van der Waals surface area contributed by atoms with Gasteiger partial charge in [-0.2, -0.15) is 0 Å². The zero-order valence-corrected chi connectivity index (χ0v) is 16.7. The second-order valence-electron chi connectivity index (χ2n) is 5.96. The molecular weight excluding hydrogens is 368 g/mol. The molecule has 3 heterocycles. The lowest BCUT2D eigenvalue weighted by Gasteiger charge is -2.07. The molecule has 0 saturated carbocycles. The molecule has 3 aromatic heterocycles. The van der Waals surface area contributed by atoms with E-state index in [-0.39, 0.29) is 5.78 Å². The van der Waals surface area contributed by atoms with Gasteiger partial charge in [0.05, 0.1) is 18.6 Å². The minimum atomic E-state index is 0.104. The summed E-state index contributed by atoms with van der Waals surface area (Å²) in [5.74, 6) is 1.33. The Balaban J connectivity index is 1.63. The standard InChI is InChI=1S/C18H22N4O2S2/c1-4-7-19-17-20-21-18(26-17)25-11-16(23)15-9-12(2)22(13(15)3)10-14-6-5-8-24-14/h5-6,8-9H,4,7,10-11H2,1-3H3,(H,19,20). The van der Waals surface area contributed by atoms with Gasteiger partial charge in [0.1, 0.15) is 5.76 Å².